The van der Waals surface area contributed by atoms with Crippen molar-refractivity contribution in [3.63, 3.8) is 0 Å². The lowest BCUT2D eigenvalue weighted by Gasteiger charge is -2.27. The minimum absolute atomic E-state index is 0.148. The molecular weight excluding hydrogens is 330 g/mol. The van der Waals surface area contributed by atoms with Crippen molar-refractivity contribution in [3.8, 4) is 0 Å². The van der Waals surface area contributed by atoms with Gasteiger partial charge in [0, 0.05) is 29.3 Å². The largest absolute Gasteiger partial charge is 0.772 e. The van der Waals surface area contributed by atoms with E-state index in [-0.39, 0.29) is 4.75 Å². The van der Waals surface area contributed by atoms with Crippen LogP contribution < -0.4 is 5.32 Å². The number of hydrogen-bond donors (Lipinski definition) is 2. The predicted molar refractivity (Wildman–Crippen MR) is 104 cm³/mol. The molecule has 0 saturated carbocycles. The zero-order valence-electron chi connectivity index (χ0n) is 15.3. The van der Waals surface area contributed by atoms with E-state index >= 15 is 0 Å². The van der Waals surface area contributed by atoms with Gasteiger partial charge < -0.3 is 9.87 Å². The Hall–Kier alpha value is -0.240. The normalized spacial score (nSPS) is 15.8. The highest BCUT2D eigenvalue weighted by atomic mass is 32.2. The van der Waals surface area contributed by atoms with E-state index in [4.69, 9.17) is 0 Å². The first-order chi connectivity index (χ1) is 10.5. The summed E-state index contributed by atoms with van der Waals surface area (Å²) in [5, 5.41) is 3.35. The Labute approximate surface area is 149 Å². The summed E-state index contributed by atoms with van der Waals surface area (Å²) in [6, 6.07) is 0. The van der Waals surface area contributed by atoms with Crippen LogP contribution in [0.4, 0.5) is 0 Å². The van der Waals surface area contributed by atoms with Crippen molar-refractivity contribution in [1.29, 1.82) is 0 Å². The summed E-state index contributed by atoms with van der Waals surface area (Å²) in [5.74, 6) is 0. The highest BCUT2D eigenvalue weighted by Gasteiger charge is 2.22. The fourth-order valence-electron chi connectivity index (χ4n) is 1.53. The van der Waals surface area contributed by atoms with Crippen LogP contribution in [-0.4, -0.2) is 55.9 Å². The third-order valence-electron chi connectivity index (χ3n) is 3.89. The highest BCUT2D eigenvalue weighted by molar-refractivity contribution is 7.82. The molecule has 0 spiro atoms. The number of aliphatic imine (C=N–C) groups is 2. The second-order valence-electron chi connectivity index (χ2n) is 6.70. The van der Waals surface area contributed by atoms with Crippen LogP contribution in [0.2, 0.25) is 0 Å². The van der Waals surface area contributed by atoms with Crippen molar-refractivity contribution in [1.82, 2.24) is 5.32 Å². The molecule has 23 heavy (non-hydrogen) atoms. The number of nitrogens with one attached hydrogen (secondary N) is 1. The first-order valence-corrected chi connectivity index (χ1v) is 9.57. The van der Waals surface area contributed by atoms with Crippen molar-refractivity contribution in [2.45, 2.75) is 63.9 Å². The monoisotopic (exact) mass is 362 g/mol. The standard InChI is InChI=1S/C16H33N3O2S2/c1-13(15(3,4)22)18-11-7-9-17-10-8-12-19-14(2)16(5,6)23(20)21/h17,22H,7-12H2,1-6H3,(H,20,21)/p-1. The summed E-state index contributed by atoms with van der Waals surface area (Å²) in [7, 11) is 0. The Bertz CT molecular complexity index is 441. The molecule has 0 aliphatic carbocycles. The van der Waals surface area contributed by atoms with Gasteiger partial charge in [0.15, 0.2) is 0 Å². The molecular formula is C16H32N3O2S2-. The van der Waals surface area contributed by atoms with Crippen LogP contribution in [0.1, 0.15) is 54.4 Å². The van der Waals surface area contributed by atoms with Gasteiger partial charge in [-0.05, 0) is 78.6 Å². The topological polar surface area (TPSA) is 76.9 Å². The molecule has 136 valence electrons. The fraction of sp³-hybridized carbons (Fsp3) is 0.875. The summed E-state index contributed by atoms with van der Waals surface area (Å²) in [6.07, 6.45) is 1.89. The number of nitrogens with zero attached hydrogens (tertiary/aromatic N) is 2. The van der Waals surface area contributed by atoms with Gasteiger partial charge in [-0.2, -0.15) is 12.6 Å². The SMILES string of the molecule is CC(=NCCCNCCCN=C(C)C(C)(C)S(=O)[O-])C(C)(C)S. The van der Waals surface area contributed by atoms with Crippen molar-refractivity contribution in [3.05, 3.63) is 0 Å². The van der Waals surface area contributed by atoms with Gasteiger partial charge in [-0.1, -0.05) is 0 Å². The first-order valence-electron chi connectivity index (χ1n) is 8.05. The molecule has 0 amide bonds. The first kappa shape index (κ1) is 22.8. The number of rotatable bonds is 11. The summed E-state index contributed by atoms with van der Waals surface area (Å²) >= 11 is 2.34. The smallest absolute Gasteiger partial charge is 0.0644 e. The molecule has 0 aliphatic heterocycles. The van der Waals surface area contributed by atoms with E-state index in [1.54, 1.807) is 20.8 Å². The van der Waals surface area contributed by atoms with E-state index in [0.717, 1.165) is 38.2 Å². The van der Waals surface area contributed by atoms with Gasteiger partial charge >= 0.3 is 0 Å². The molecule has 0 aromatic heterocycles. The second kappa shape index (κ2) is 10.6. The summed E-state index contributed by atoms with van der Waals surface area (Å²) in [4.78, 5) is 8.87. The van der Waals surface area contributed by atoms with E-state index in [1.807, 2.05) is 20.8 Å². The fourth-order valence-corrected chi connectivity index (χ4v) is 1.91. The lowest BCUT2D eigenvalue weighted by molar-refractivity contribution is 0.518. The summed E-state index contributed by atoms with van der Waals surface area (Å²) < 4.78 is 21.2. The minimum atomic E-state index is -2.14. The third kappa shape index (κ3) is 9.59. The van der Waals surface area contributed by atoms with Gasteiger partial charge in [-0.15, -0.1) is 0 Å². The van der Waals surface area contributed by atoms with Gasteiger partial charge in [0.05, 0.1) is 4.75 Å². The van der Waals surface area contributed by atoms with Crippen LogP contribution in [0.25, 0.3) is 0 Å². The summed E-state index contributed by atoms with van der Waals surface area (Å²) in [6.45, 7) is 14.4. The van der Waals surface area contributed by atoms with E-state index < -0.39 is 15.8 Å². The van der Waals surface area contributed by atoms with Crippen molar-refractivity contribution >= 4 is 35.1 Å². The summed E-state index contributed by atoms with van der Waals surface area (Å²) in [5.41, 5.74) is 1.72. The van der Waals surface area contributed by atoms with E-state index in [0.29, 0.717) is 12.3 Å². The molecule has 5 nitrogen and oxygen atoms in total. The molecule has 0 rings (SSSR count). The van der Waals surface area contributed by atoms with Crippen LogP contribution in [-0.2, 0) is 11.1 Å². The Morgan fingerprint density at radius 1 is 1.04 bits per heavy atom. The molecule has 0 aromatic rings. The second-order valence-corrected chi connectivity index (χ2v) is 9.30. The quantitative estimate of drug-likeness (QED) is 0.257. The average Bonchev–Trinajstić information content (AvgIpc) is 2.43. The maximum Gasteiger partial charge on any atom is 0.0644 e. The van der Waals surface area contributed by atoms with E-state index in [1.165, 1.54) is 0 Å². The molecule has 7 heteroatoms. The van der Waals surface area contributed by atoms with E-state index in [9.17, 15) is 8.76 Å². The van der Waals surface area contributed by atoms with Gasteiger partial charge in [0.2, 0.25) is 0 Å². The molecule has 0 saturated heterocycles. The molecule has 1 N–H and O–H groups in total. The molecule has 0 aromatic carbocycles. The minimum Gasteiger partial charge on any atom is -0.772 e. The number of hydrogen-bond acceptors (Lipinski definition) is 6. The molecule has 0 aliphatic rings. The van der Waals surface area contributed by atoms with Gasteiger partial charge in [-0.25, -0.2) is 0 Å². The lowest BCUT2D eigenvalue weighted by Crippen LogP contribution is -2.35. The maximum atomic E-state index is 11.1. The van der Waals surface area contributed by atoms with Gasteiger partial charge in [-0.3, -0.25) is 14.2 Å². The Morgan fingerprint density at radius 3 is 1.87 bits per heavy atom. The van der Waals surface area contributed by atoms with E-state index in [2.05, 4.69) is 27.9 Å². The molecule has 1 atom stereocenters. The van der Waals surface area contributed by atoms with Gasteiger partial charge in [0.1, 0.15) is 0 Å². The lowest BCUT2D eigenvalue weighted by atomic mass is 10.1. The molecule has 1 unspecified atom stereocenters. The average molecular weight is 363 g/mol. The van der Waals surface area contributed by atoms with Crippen molar-refractivity contribution < 1.29 is 8.76 Å². The number of thiol groups is 1. The van der Waals surface area contributed by atoms with Crippen molar-refractivity contribution in [2.24, 2.45) is 9.98 Å². The molecule has 0 radical (unpaired) electrons. The molecule has 0 bridgehead atoms. The Morgan fingerprint density at radius 2 is 1.48 bits per heavy atom. The van der Waals surface area contributed by atoms with Crippen molar-refractivity contribution in [2.75, 3.05) is 26.2 Å². The zero-order valence-corrected chi connectivity index (χ0v) is 17.0. The third-order valence-corrected chi connectivity index (χ3v) is 5.35. The maximum absolute atomic E-state index is 11.1. The van der Waals surface area contributed by atoms with Crippen LogP contribution in [0, 0.1) is 0 Å². The van der Waals surface area contributed by atoms with Crippen LogP contribution in [0.5, 0.6) is 0 Å². The zero-order chi connectivity index (χ0) is 18.1. The Balaban J connectivity index is 3.82. The van der Waals surface area contributed by atoms with Crippen LogP contribution in [0.15, 0.2) is 9.98 Å². The Kier molecular flexibility index (Phi) is 10.5. The van der Waals surface area contributed by atoms with Crippen LogP contribution in [0.3, 0.4) is 0 Å². The predicted octanol–water partition coefficient (Wildman–Crippen LogP) is 2.64. The van der Waals surface area contributed by atoms with Crippen LogP contribution >= 0.6 is 12.6 Å². The molecule has 0 heterocycles. The highest BCUT2D eigenvalue weighted by Crippen LogP contribution is 2.14. The van der Waals surface area contributed by atoms with Gasteiger partial charge in [0.25, 0.3) is 0 Å². The molecule has 0 fully saturated rings.